The Bertz CT molecular complexity index is 995. The highest BCUT2D eigenvalue weighted by Gasteiger charge is 2.24. The molecule has 1 aliphatic rings. The first-order chi connectivity index (χ1) is 12.6. The number of H-pyrrole nitrogens is 1. The van der Waals surface area contributed by atoms with Crippen molar-refractivity contribution in [2.24, 2.45) is 11.7 Å². The molecule has 1 saturated carbocycles. The highest BCUT2D eigenvalue weighted by molar-refractivity contribution is 6.02. The van der Waals surface area contributed by atoms with Crippen molar-refractivity contribution >= 4 is 17.3 Å². The topological polar surface area (TPSA) is 93.9 Å². The maximum Gasteiger partial charge on any atom is 0.237 e. The monoisotopic (exact) mass is 353 g/mol. The van der Waals surface area contributed by atoms with Crippen LogP contribution in [0.2, 0.25) is 0 Å². The van der Waals surface area contributed by atoms with Crippen molar-refractivity contribution in [2.75, 3.05) is 6.61 Å². The predicted molar refractivity (Wildman–Crippen MR) is 94.9 cm³/mol. The Labute approximate surface area is 149 Å². The summed E-state index contributed by atoms with van der Waals surface area (Å²) < 4.78 is 20.1. The molecule has 0 amide bonds. The quantitative estimate of drug-likeness (QED) is 0.711. The van der Waals surface area contributed by atoms with Crippen LogP contribution in [-0.4, -0.2) is 27.8 Å². The van der Waals surface area contributed by atoms with Crippen molar-refractivity contribution in [1.82, 2.24) is 15.0 Å². The fraction of sp³-hybridized carbons (Fsp3) is 0.316. The van der Waals surface area contributed by atoms with Gasteiger partial charge in [-0.3, -0.25) is 4.79 Å². The molecule has 1 fully saturated rings. The number of halogens is 1. The molecule has 26 heavy (non-hydrogen) atoms. The lowest BCUT2D eigenvalue weighted by Crippen LogP contribution is -2.05. The molecule has 1 aliphatic carbocycles. The number of aromatic amines is 1. The van der Waals surface area contributed by atoms with Crippen LogP contribution in [0.15, 0.2) is 18.5 Å². The van der Waals surface area contributed by atoms with Crippen molar-refractivity contribution in [2.45, 2.75) is 26.3 Å². The Morgan fingerprint density at radius 2 is 2.19 bits per heavy atom. The highest BCUT2D eigenvalue weighted by atomic mass is 19.1. The summed E-state index contributed by atoms with van der Waals surface area (Å²) in [5, 5.41) is 0. The largest absolute Gasteiger partial charge is 0.492 e. The molecule has 0 saturated heterocycles. The van der Waals surface area contributed by atoms with Gasteiger partial charge >= 0.3 is 0 Å². The zero-order valence-electron chi connectivity index (χ0n) is 14.3. The first kappa shape index (κ1) is 16.7. The van der Waals surface area contributed by atoms with Crippen molar-refractivity contribution in [1.29, 1.82) is 0 Å². The number of benzene rings is 1. The third-order valence-corrected chi connectivity index (χ3v) is 4.67. The van der Waals surface area contributed by atoms with Gasteiger partial charge in [-0.2, -0.15) is 0 Å². The molecule has 133 valence electrons. The van der Waals surface area contributed by atoms with Gasteiger partial charge in [-0.1, -0.05) is 0 Å². The van der Waals surface area contributed by atoms with Crippen LogP contribution in [0.1, 0.15) is 29.7 Å². The predicted octanol–water partition coefficient (Wildman–Crippen LogP) is 2.78. The molecule has 3 N–H and O–H groups in total. The van der Waals surface area contributed by atoms with Crippen LogP contribution in [0.3, 0.4) is 0 Å². The number of nitrogens with zero attached hydrogens (tertiary/aromatic N) is 2. The standard InChI is InChI=1S/C19H18FN4O2/c1-10-14(7-25)18-19(24-10)17(22-9-23-18)13-4-12(6-21)15(20)5-16(13)26-8-11-2-3-11/h4-5,9,11,24H,2-3,6,8,21H2,1H3. The summed E-state index contributed by atoms with van der Waals surface area (Å²) in [5.74, 6) is 0.530. The van der Waals surface area contributed by atoms with Gasteiger partial charge in [-0.05, 0) is 31.7 Å². The Kier molecular flexibility index (Phi) is 4.16. The normalized spacial score (nSPS) is 14.0. The van der Waals surface area contributed by atoms with Crippen molar-refractivity contribution in [3.8, 4) is 17.0 Å². The van der Waals surface area contributed by atoms with Crippen LogP contribution in [-0.2, 0) is 11.3 Å². The molecule has 3 aromatic rings. The number of fused-ring (bicyclic) bond motifs is 1. The number of nitrogens with two attached hydrogens (primary N) is 1. The van der Waals surface area contributed by atoms with Gasteiger partial charge < -0.3 is 15.5 Å². The SMILES string of the molecule is Cc1[nH]c2c(-c3cc(CN)c(F)cc3OCC3CC3)ncnc2c1[C]=O. The molecule has 6 nitrogen and oxygen atoms in total. The van der Waals surface area contributed by atoms with Crippen molar-refractivity contribution in [3.05, 3.63) is 41.1 Å². The minimum atomic E-state index is -0.406. The molecular formula is C19H18FN4O2. The molecule has 0 aliphatic heterocycles. The van der Waals surface area contributed by atoms with E-state index in [1.54, 1.807) is 13.0 Å². The lowest BCUT2D eigenvalue weighted by molar-refractivity contribution is 0.299. The van der Waals surface area contributed by atoms with Crippen LogP contribution in [0, 0.1) is 18.7 Å². The number of aromatic nitrogens is 3. The minimum absolute atomic E-state index is 0.0626. The lowest BCUT2D eigenvalue weighted by atomic mass is 10.0. The number of hydrogen-bond acceptors (Lipinski definition) is 5. The first-order valence-corrected chi connectivity index (χ1v) is 8.49. The van der Waals surface area contributed by atoms with E-state index in [1.165, 1.54) is 12.4 Å². The number of carbonyl (C=O) groups excluding carboxylic acids is 1. The zero-order valence-corrected chi connectivity index (χ0v) is 14.3. The maximum absolute atomic E-state index is 14.3. The van der Waals surface area contributed by atoms with E-state index in [9.17, 15) is 9.18 Å². The van der Waals surface area contributed by atoms with Crippen LogP contribution >= 0.6 is 0 Å². The average Bonchev–Trinajstić information content (AvgIpc) is 3.40. The third-order valence-electron chi connectivity index (χ3n) is 4.67. The fourth-order valence-corrected chi connectivity index (χ4v) is 3.00. The molecule has 0 unspecified atom stereocenters. The Morgan fingerprint density at radius 3 is 2.88 bits per heavy atom. The smallest absolute Gasteiger partial charge is 0.237 e. The van der Waals surface area contributed by atoms with Crippen LogP contribution in [0.4, 0.5) is 4.39 Å². The molecule has 2 aromatic heterocycles. The summed E-state index contributed by atoms with van der Waals surface area (Å²) in [7, 11) is 0. The van der Waals surface area contributed by atoms with Crippen molar-refractivity contribution < 1.29 is 13.9 Å². The molecule has 4 rings (SSSR count). The fourth-order valence-electron chi connectivity index (χ4n) is 3.00. The summed E-state index contributed by atoms with van der Waals surface area (Å²) >= 11 is 0. The Morgan fingerprint density at radius 1 is 1.38 bits per heavy atom. The van der Waals surface area contributed by atoms with E-state index in [0.717, 1.165) is 12.8 Å². The Balaban J connectivity index is 1.90. The molecule has 7 heteroatoms. The van der Waals surface area contributed by atoms with E-state index < -0.39 is 5.82 Å². The number of aryl methyl sites for hydroxylation is 1. The lowest BCUT2D eigenvalue weighted by Gasteiger charge is -2.14. The highest BCUT2D eigenvalue weighted by Crippen LogP contribution is 2.37. The maximum atomic E-state index is 14.3. The van der Waals surface area contributed by atoms with Gasteiger partial charge in [-0.25, -0.2) is 14.4 Å². The van der Waals surface area contributed by atoms with Crippen LogP contribution in [0.5, 0.6) is 5.75 Å². The van der Waals surface area contributed by atoms with E-state index in [2.05, 4.69) is 15.0 Å². The van der Waals surface area contributed by atoms with Gasteiger partial charge in [0.15, 0.2) is 0 Å². The van der Waals surface area contributed by atoms with Gasteiger partial charge in [0.25, 0.3) is 0 Å². The van der Waals surface area contributed by atoms with E-state index in [1.807, 2.05) is 6.29 Å². The molecule has 0 spiro atoms. The number of hydrogen-bond donors (Lipinski definition) is 2. The summed E-state index contributed by atoms with van der Waals surface area (Å²) in [5.41, 5.74) is 9.30. The van der Waals surface area contributed by atoms with Crippen LogP contribution in [0.25, 0.3) is 22.3 Å². The van der Waals surface area contributed by atoms with Crippen molar-refractivity contribution in [3.63, 3.8) is 0 Å². The first-order valence-electron chi connectivity index (χ1n) is 8.49. The summed E-state index contributed by atoms with van der Waals surface area (Å²) in [4.78, 5) is 22.9. The molecular weight excluding hydrogens is 335 g/mol. The van der Waals surface area contributed by atoms with E-state index in [0.29, 0.717) is 57.4 Å². The number of ether oxygens (including phenoxy) is 1. The zero-order chi connectivity index (χ0) is 18.3. The van der Waals surface area contributed by atoms with E-state index >= 15 is 0 Å². The second kappa shape index (κ2) is 6.49. The number of rotatable bonds is 6. The summed E-state index contributed by atoms with van der Waals surface area (Å²) in [6.07, 6.45) is 5.55. The van der Waals surface area contributed by atoms with Gasteiger partial charge in [-0.15, -0.1) is 0 Å². The van der Waals surface area contributed by atoms with Crippen LogP contribution < -0.4 is 10.5 Å². The molecule has 1 radical (unpaired) electrons. The van der Waals surface area contributed by atoms with Gasteiger partial charge in [0.05, 0.1) is 17.7 Å². The second-order valence-corrected chi connectivity index (χ2v) is 6.57. The third kappa shape index (κ3) is 2.84. The van der Waals surface area contributed by atoms with Gasteiger partial charge in [0, 0.05) is 29.4 Å². The van der Waals surface area contributed by atoms with Gasteiger partial charge in [0.1, 0.15) is 29.1 Å². The molecule has 1 aromatic carbocycles. The van der Waals surface area contributed by atoms with E-state index in [4.69, 9.17) is 10.5 Å². The number of nitrogens with one attached hydrogen (secondary N) is 1. The molecule has 0 atom stereocenters. The molecule has 0 bridgehead atoms. The second-order valence-electron chi connectivity index (χ2n) is 6.57. The summed E-state index contributed by atoms with van der Waals surface area (Å²) in [6, 6.07) is 3.01. The minimum Gasteiger partial charge on any atom is -0.492 e. The summed E-state index contributed by atoms with van der Waals surface area (Å²) in [6.45, 7) is 2.37. The Hall–Kier alpha value is -2.80. The van der Waals surface area contributed by atoms with E-state index in [-0.39, 0.29) is 6.54 Å². The van der Waals surface area contributed by atoms with Gasteiger partial charge in [0.2, 0.25) is 6.29 Å². The average molecular weight is 353 g/mol. The molecule has 2 heterocycles.